The van der Waals surface area contributed by atoms with Crippen LogP contribution in [-0.2, 0) is 4.79 Å². The molecule has 0 spiro atoms. The van der Waals surface area contributed by atoms with Crippen molar-refractivity contribution in [1.82, 2.24) is 10.2 Å². The van der Waals surface area contributed by atoms with Gasteiger partial charge in [0.1, 0.15) is 0 Å². The van der Waals surface area contributed by atoms with Crippen molar-refractivity contribution in [3.8, 4) is 0 Å². The van der Waals surface area contributed by atoms with E-state index < -0.39 is 0 Å². The molecule has 0 bridgehead atoms. The number of hydrogen-bond acceptors (Lipinski definition) is 3. The Bertz CT molecular complexity index is 225. The van der Waals surface area contributed by atoms with Crippen molar-refractivity contribution in [3.63, 3.8) is 0 Å². The summed E-state index contributed by atoms with van der Waals surface area (Å²) < 4.78 is 0. The first-order valence-electron chi connectivity index (χ1n) is 6.87. The summed E-state index contributed by atoms with van der Waals surface area (Å²) in [7, 11) is 0. The molecule has 1 rings (SSSR count). The Morgan fingerprint density at radius 2 is 1.94 bits per heavy atom. The summed E-state index contributed by atoms with van der Waals surface area (Å²) in [5, 5.41) is 2.96. The minimum absolute atomic E-state index is 0.0721. The number of piperidine rings is 1. The van der Waals surface area contributed by atoms with Gasteiger partial charge in [0.05, 0.1) is 0 Å². The number of amides is 1. The standard InChI is InChI=1S/C13H27N3O/c1-11(12(2)14)13(17)15-7-6-10-16-8-4-3-5-9-16/h11-12H,3-10,14H2,1-2H3,(H,15,17). The zero-order valence-electron chi connectivity index (χ0n) is 11.2. The molecule has 0 radical (unpaired) electrons. The number of nitrogens with two attached hydrogens (primary N) is 1. The van der Waals surface area contributed by atoms with Crippen LogP contribution < -0.4 is 11.1 Å². The first-order chi connectivity index (χ1) is 8.11. The largest absolute Gasteiger partial charge is 0.356 e. The van der Waals surface area contributed by atoms with E-state index in [2.05, 4.69) is 10.2 Å². The number of carbonyl (C=O) groups excluding carboxylic acids is 1. The molecular weight excluding hydrogens is 214 g/mol. The van der Waals surface area contributed by atoms with Crippen LogP contribution in [0, 0.1) is 5.92 Å². The number of hydrogen-bond donors (Lipinski definition) is 2. The Balaban J connectivity index is 2.05. The van der Waals surface area contributed by atoms with E-state index >= 15 is 0 Å². The lowest BCUT2D eigenvalue weighted by Gasteiger charge is -2.26. The third-order valence-corrected chi connectivity index (χ3v) is 3.60. The minimum Gasteiger partial charge on any atom is -0.356 e. The smallest absolute Gasteiger partial charge is 0.224 e. The second kappa shape index (κ2) is 7.67. The molecule has 100 valence electrons. The second-order valence-electron chi connectivity index (χ2n) is 5.19. The molecule has 1 heterocycles. The first kappa shape index (κ1) is 14.5. The van der Waals surface area contributed by atoms with Crippen molar-refractivity contribution in [1.29, 1.82) is 0 Å². The molecule has 1 fully saturated rings. The summed E-state index contributed by atoms with van der Waals surface area (Å²) >= 11 is 0. The molecule has 0 aromatic carbocycles. The van der Waals surface area contributed by atoms with Gasteiger partial charge in [-0.05, 0) is 45.8 Å². The van der Waals surface area contributed by atoms with E-state index in [0.29, 0.717) is 0 Å². The number of nitrogens with zero attached hydrogens (tertiary/aromatic N) is 1. The summed E-state index contributed by atoms with van der Waals surface area (Å²) in [6.07, 6.45) is 5.07. The molecule has 4 heteroatoms. The maximum absolute atomic E-state index is 11.6. The third-order valence-electron chi connectivity index (χ3n) is 3.60. The molecule has 3 N–H and O–H groups in total. The van der Waals surface area contributed by atoms with Crippen molar-refractivity contribution in [2.24, 2.45) is 11.7 Å². The molecular formula is C13H27N3O. The summed E-state index contributed by atoms with van der Waals surface area (Å²) in [6.45, 7) is 8.08. The van der Waals surface area contributed by atoms with Gasteiger partial charge in [-0.25, -0.2) is 0 Å². The van der Waals surface area contributed by atoms with Gasteiger partial charge in [-0.15, -0.1) is 0 Å². The van der Waals surface area contributed by atoms with E-state index in [0.717, 1.165) is 19.5 Å². The lowest BCUT2D eigenvalue weighted by atomic mass is 10.0. The number of carbonyl (C=O) groups is 1. The van der Waals surface area contributed by atoms with E-state index in [1.54, 1.807) is 0 Å². The van der Waals surface area contributed by atoms with E-state index in [4.69, 9.17) is 5.73 Å². The van der Waals surface area contributed by atoms with Gasteiger partial charge < -0.3 is 16.0 Å². The second-order valence-corrected chi connectivity index (χ2v) is 5.19. The van der Waals surface area contributed by atoms with Gasteiger partial charge >= 0.3 is 0 Å². The molecule has 1 aliphatic heterocycles. The van der Waals surface area contributed by atoms with Crippen LogP contribution in [0.4, 0.5) is 0 Å². The van der Waals surface area contributed by atoms with E-state index in [-0.39, 0.29) is 17.9 Å². The van der Waals surface area contributed by atoms with Gasteiger partial charge in [0, 0.05) is 18.5 Å². The summed E-state index contributed by atoms with van der Waals surface area (Å²) in [4.78, 5) is 14.1. The van der Waals surface area contributed by atoms with Crippen LogP contribution in [0.1, 0.15) is 39.5 Å². The Hall–Kier alpha value is -0.610. The lowest BCUT2D eigenvalue weighted by molar-refractivity contribution is -0.124. The maximum atomic E-state index is 11.6. The quantitative estimate of drug-likeness (QED) is 0.681. The predicted molar refractivity (Wildman–Crippen MR) is 70.7 cm³/mol. The Labute approximate surface area is 105 Å². The van der Waals surface area contributed by atoms with Gasteiger partial charge in [-0.1, -0.05) is 13.3 Å². The fourth-order valence-corrected chi connectivity index (χ4v) is 2.10. The molecule has 2 unspecified atom stereocenters. The van der Waals surface area contributed by atoms with Crippen LogP contribution in [0.25, 0.3) is 0 Å². The summed E-state index contributed by atoms with van der Waals surface area (Å²) in [6, 6.07) is -0.0721. The molecule has 0 saturated carbocycles. The van der Waals surface area contributed by atoms with Crippen molar-refractivity contribution >= 4 is 5.91 Å². The summed E-state index contributed by atoms with van der Waals surface area (Å²) in [5.41, 5.74) is 5.69. The van der Waals surface area contributed by atoms with Gasteiger partial charge in [0.15, 0.2) is 0 Å². The monoisotopic (exact) mass is 241 g/mol. The molecule has 0 aliphatic carbocycles. The lowest BCUT2D eigenvalue weighted by Crippen LogP contribution is -2.40. The SMILES string of the molecule is CC(N)C(C)C(=O)NCCCN1CCCCC1. The number of rotatable bonds is 6. The maximum Gasteiger partial charge on any atom is 0.224 e. The van der Waals surface area contributed by atoms with Gasteiger partial charge in [-0.2, -0.15) is 0 Å². The van der Waals surface area contributed by atoms with Crippen LogP contribution in [-0.4, -0.2) is 43.0 Å². The van der Waals surface area contributed by atoms with Crippen LogP contribution in [0.3, 0.4) is 0 Å². The minimum atomic E-state index is -0.0926. The fraction of sp³-hybridized carbons (Fsp3) is 0.923. The molecule has 1 saturated heterocycles. The number of likely N-dealkylation sites (tertiary alicyclic amines) is 1. The Morgan fingerprint density at radius 1 is 1.29 bits per heavy atom. The molecule has 2 atom stereocenters. The van der Waals surface area contributed by atoms with Crippen LogP contribution in [0.5, 0.6) is 0 Å². The molecule has 17 heavy (non-hydrogen) atoms. The van der Waals surface area contributed by atoms with Gasteiger partial charge in [-0.3, -0.25) is 4.79 Å². The Morgan fingerprint density at radius 3 is 2.53 bits per heavy atom. The molecule has 1 aliphatic rings. The van der Waals surface area contributed by atoms with E-state index in [1.165, 1.54) is 32.4 Å². The van der Waals surface area contributed by atoms with Crippen molar-refractivity contribution in [2.75, 3.05) is 26.2 Å². The van der Waals surface area contributed by atoms with Crippen molar-refractivity contribution < 1.29 is 4.79 Å². The van der Waals surface area contributed by atoms with Crippen LogP contribution in [0.15, 0.2) is 0 Å². The topological polar surface area (TPSA) is 58.4 Å². The van der Waals surface area contributed by atoms with E-state index in [1.807, 2.05) is 13.8 Å². The van der Waals surface area contributed by atoms with Gasteiger partial charge in [0.25, 0.3) is 0 Å². The fourth-order valence-electron chi connectivity index (χ4n) is 2.10. The van der Waals surface area contributed by atoms with Crippen molar-refractivity contribution in [2.45, 2.75) is 45.6 Å². The highest BCUT2D eigenvalue weighted by atomic mass is 16.1. The molecule has 1 amide bonds. The molecule has 0 aromatic rings. The van der Waals surface area contributed by atoms with Crippen LogP contribution >= 0.6 is 0 Å². The molecule has 0 aromatic heterocycles. The normalized spacial score (nSPS) is 20.9. The Kier molecular flexibility index (Phi) is 6.52. The highest BCUT2D eigenvalue weighted by Crippen LogP contribution is 2.08. The zero-order chi connectivity index (χ0) is 12.7. The zero-order valence-corrected chi connectivity index (χ0v) is 11.2. The number of nitrogens with one attached hydrogen (secondary N) is 1. The highest BCUT2D eigenvalue weighted by Gasteiger charge is 2.16. The predicted octanol–water partition coefficient (Wildman–Crippen LogP) is 0.962. The van der Waals surface area contributed by atoms with E-state index in [9.17, 15) is 4.79 Å². The first-order valence-corrected chi connectivity index (χ1v) is 6.87. The average molecular weight is 241 g/mol. The highest BCUT2D eigenvalue weighted by molar-refractivity contribution is 5.78. The third kappa shape index (κ3) is 5.50. The summed E-state index contributed by atoms with van der Waals surface area (Å²) in [5.74, 6) is -0.0105. The average Bonchev–Trinajstić information content (AvgIpc) is 2.34. The van der Waals surface area contributed by atoms with Crippen LogP contribution in [0.2, 0.25) is 0 Å². The van der Waals surface area contributed by atoms with Crippen molar-refractivity contribution in [3.05, 3.63) is 0 Å². The van der Waals surface area contributed by atoms with Gasteiger partial charge in [0.2, 0.25) is 5.91 Å². The molecule has 4 nitrogen and oxygen atoms in total.